The molecule has 0 aliphatic carbocycles. The summed E-state index contributed by atoms with van der Waals surface area (Å²) in [6.45, 7) is 5.11. The van der Waals surface area contributed by atoms with E-state index in [2.05, 4.69) is 16.0 Å². The van der Waals surface area contributed by atoms with E-state index in [4.69, 9.17) is 4.74 Å². The molecule has 0 bridgehead atoms. The van der Waals surface area contributed by atoms with Crippen LogP contribution in [0.3, 0.4) is 0 Å². The van der Waals surface area contributed by atoms with Crippen LogP contribution in [0, 0.1) is 0 Å². The molecule has 6 heteroatoms. The first-order valence-corrected chi connectivity index (χ1v) is 9.02. The van der Waals surface area contributed by atoms with E-state index in [1.165, 1.54) is 0 Å². The van der Waals surface area contributed by atoms with Crippen molar-refractivity contribution in [2.45, 2.75) is 32.9 Å². The van der Waals surface area contributed by atoms with Gasteiger partial charge >= 0.3 is 0 Å². The summed E-state index contributed by atoms with van der Waals surface area (Å²) < 4.78 is 5.10. The molecule has 0 fully saturated rings. The van der Waals surface area contributed by atoms with Crippen molar-refractivity contribution in [1.82, 2.24) is 10.6 Å². The molecule has 6 nitrogen and oxygen atoms in total. The van der Waals surface area contributed by atoms with Crippen LogP contribution in [-0.2, 0) is 11.3 Å². The van der Waals surface area contributed by atoms with Crippen LogP contribution in [0.2, 0.25) is 0 Å². The molecule has 0 saturated carbocycles. The number of amides is 2. The molecule has 2 aromatic rings. The summed E-state index contributed by atoms with van der Waals surface area (Å²) in [5.74, 6) is 0.577. The Morgan fingerprint density at radius 1 is 1.07 bits per heavy atom. The molecule has 3 N–H and O–H groups in total. The molecule has 0 atom stereocenters. The van der Waals surface area contributed by atoms with Crippen LogP contribution in [-0.4, -0.2) is 31.5 Å². The van der Waals surface area contributed by atoms with Crippen LogP contribution in [0.1, 0.15) is 36.2 Å². The second-order valence-corrected chi connectivity index (χ2v) is 6.53. The van der Waals surface area contributed by atoms with Crippen LogP contribution in [0.5, 0.6) is 5.75 Å². The molecule has 0 aromatic heterocycles. The fraction of sp³-hybridized carbons (Fsp3) is 0.333. The number of nitrogens with one attached hydrogen (secondary N) is 3. The highest BCUT2D eigenvalue weighted by molar-refractivity contribution is 6.04. The predicted molar refractivity (Wildman–Crippen MR) is 107 cm³/mol. The predicted octanol–water partition coefficient (Wildman–Crippen LogP) is 2.95. The van der Waals surface area contributed by atoms with Crippen molar-refractivity contribution in [1.29, 1.82) is 0 Å². The molecule has 27 heavy (non-hydrogen) atoms. The van der Waals surface area contributed by atoms with Crippen molar-refractivity contribution in [3.8, 4) is 5.75 Å². The Labute approximate surface area is 160 Å². The lowest BCUT2D eigenvalue weighted by atomic mass is 10.1. The minimum absolute atomic E-state index is 0.0398. The van der Waals surface area contributed by atoms with Gasteiger partial charge in [0, 0.05) is 36.8 Å². The van der Waals surface area contributed by atoms with E-state index in [0.717, 1.165) is 11.3 Å². The Kier molecular flexibility index (Phi) is 7.82. The number of benzene rings is 2. The van der Waals surface area contributed by atoms with Crippen LogP contribution in [0.25, 0.3) is 0 Å². The maximum atomic E-state index is 12.3. The van der Waals surface area contributed by atoms with Gasteiger partial charge in [-0.2, -0.15) is 0 Å². The summed E-state index contributed by atoms with van der Waals surface area (Å²) in [7, 11) is 1.59. The van der Waals surface area contributed by atoms with Gasteiger partial charge < -0.3 is 20.7 Å². The monoisotopic (exact) mass is 369 g/mol. The second kappa shape index (κ2) is 10.3. The normalized spacial score (nSPS) is 10.5. The molecule has 0 aliphatic heterocycles. The molecule has 0 aliphatic rings. The molecule has 0 spiro atoms. The molecule has 2 amide bonds. The summed E-state index contributed by atoms with van der Waals surface area (Å²) in [5, 5.41) is 9.00. The summed E-state index contributed by atoms with van der Waals surface area (Å²) in [4.78, 5) is 23.9. The molecule has 2 rings (SSSR count). The van der Waals surface area contributed by atoms with Gasteiger partial charge in [0.05, 0.1) is 7.11 Å². The Morgan fingerprint density at radius 3 is 2.48 bits per heavy atom. The third kappa shape index (κ3) is 7.11. The van der Waals surface area contributed by atoms with Gasteiger partial charge in [0.2, 0.25) is 5.91 Å². The minimum Gasteiger partial charge on any atom is -0.497 e. The van der Waals surface area contributed by atoms with E-state index in [1.54, 1.807) is 31.4 Å². The van der Waals surface area contributed by atoms with Gasteiger partial charge in [0.1, 0.15) is 5.75 Å². The first kappa shape index (κ1) is 20.5. The number of carbonyl (C=O) groups excluding carboxylic acids is 2. The van der Waals surface area contributed by atoms with E-state index in [9.17, 15) is 9.59 Å². The third-order valence-corrected chi connectivity index (χ3v) is 3.84. The zero-order valence-electron chi connectivity index (χ0n) is 16.0. The number of carbonyl (C=O) groups is 2. The topological polar surface area (TPSA) is 79.5 Å². The maximum Gasteiger partial charge on any atom is 0.255 e. The maximum absolute atomic E-state index is 12.3. The minimum atomic E-state index is -0.173. The van der Waals surface area contributed by atoms with Gasteiger partial charge in [-0.1, -0.05) is 12.1 Å². The Balaban J connectivity index is 1.83. The number of anilines is 1. The van der Waals surface area contributed by atoms with Gasteiger partial charge in [0.15, 0.2) is 0 Å². The summed E-state index contributed by atoms with van der Waals surface area (Å²) in [6.07, 6.45) is 0.437. The first-order chi connectivity index (χ1) is 13.0. The van der Waals surface area contributed by atoms with Crippen LogP contribution in [0.4, 0.5) is 5.69 Å². The van der Waals surface area contributed by atoms with Crippen molar-refractivity contribution < 1.29 is 14.3 Å². The van der Waals surface area contributed by atoms with E-state index < -0.39 is 0 Å². The molecule has 0 heterocycles. The Bertz CT molecular complexity index is 758. The lowest BCUT2D eigenvalue weighted by Gasteiger charge is -2.10. The van der Waals surface area contributed by atoms with Crippen LogP contribution >= 0.6 is 0 Å². The molecule has 2 aromatic carbocycles. The van der Waals surface area contributed by atoms with Crippen molar-refractivity contribution >= 4 is 17.5 Å². The second-order valence-electron chi connectivity index (χ2n) is 6.53. The standard InChI is InChI=1S/C21H27N3O3/c1-15(2)23-20(25)11-12-22-14-16-5-4-6-18(13-16)24-21(26)17-7-9-19(27-3)10-8-17/h4-10,13,15,22H,11-12,14H2,1-3H3,(H,23,25)(H,24,26). The van der Waals surface area contributed by atoms with Gasteiger partial charge in [-0.3, -0.25) is 9.59 Å². The zero-order chi connectivity index (χ0) is 19.6. The summed E-state index contributed by atoms with van der Waals surface area (Å²) in [6, 6.07) is 14.8. The fourth-order valence-corrected chi connectivity index (χ4v) is 2.53. The highest BCUT2D eigenvalue weighted by atomic mass is 16.5. The van der Waals surface area contributed by atoms with Crippen molar-refractivity contribution in [3.63, 3.8) is 0 Å². The van der Waals surface area contributed by atoms with Gasteiger partial charge in [0.25, 0.3) is 5.91 Å². The van der Waals surface area contributed by atoms with Crippen LogP contribution in [0.15, 0.2) is 48.5 Å². The van der Waals surface area contributed by atoms with Gasteiger partial charge in [-0.25, -0.2) is 0 Å². The average molecular weight is 369 g/mol. The Morgan fingerprint density at radius 2 is 1.81 bits per heavy atom. The Hall–Kier alpha value is -2.86. The van der Waals surface area contributed by atoms with E-state index in [-0.39, 0.29) is 17.9 Å². The molecular formula is C21H27N3O3. The molecule has 0 radical (unpaired) electrons. The number of methoxy groups -OCH3 is 1. The lowest BCUT2D eigenvalue weighted by molar-refractivity contribution is -0.121. The molecule has 0 unspecified atom stereocenters. The molecule has 0 saturated heterocycles. The highest BCUT2D eigenvalue weighted by Crippen LogP contribution is 2.15. The number of hydrogen-bond acceptors (Lipinski definition) is 4. The van der Waals surface area contributed by atoms with E-state index >= 15 is 0 Å². The quantitative estimate of drug-likeness (QED) is 0.594. The third-order valence-electron chi connectivity index (χ3n) is 3.84. The van der Waals surface area contributed by atoms with Crippen LogP contribution < -0.4 is 20.7 Å². The average Bonchev–Trinajstić information content (AvgIpc) is 2.65. The SMILES string of the molecule is COc1ccc(C(=O)Nc2cccc(CNCCC(=O)NC(C)C)c2)cc1. The molecule has 144 valence electrons. The number of ether oxygens (including phenoxy) is 1. The smallest absolute Gasteiger partial charge is 0.255 e. The first-order valence-electron chi connectivity index (χ1n) is 9.02. The highest BCUT2D eigenvalue weighted by Gasteiger charge is 2.07. The summed E-state index contributed by atoms with van der Waals surface area (Å²) in [5.41, 5.74) is 2.33. The van der Waals surface area contributed by atoms with E-state index in [0.29, 0.717) is 30.8 Å². The van der Waals surface area contributed by atoms with Gasteiger partial charge in [-0.15, -0.1) is 0 Å². The summed E-state index contributed by atoms with van der Waals surface area (Å²) >= 11 is 0. The largest absolute Gasteiger partial charge is 0.497 e. The lowest BCUT2D eigenvalue weighted by Crippen LogP contribution is -2.32. The zero-order valence-corrected chi connectivity index (χ0v) is 16.0. The van der Waals surface area contributed by atoms with Crippen molar-refractivity contribution in [2.75, 3.05) is 19.0 Å². The van der Waals surface area contributed by atoms with Crippen molar-refractivity contribution in [3.05, 3.63) is 59.7 Å². The van der Waals surface area contributed by atoms with E-state index in [1.807, 2.05) is 38.1 Å². The van der Waals surface area contributed by atoms with Crippen molar-refractivity contribution in [2.24, 2.45) is 0 Å². The molecular weight excluding hydrogens is 342 g/mol. The fourth-order valence-electron chi connectivity index (χ4n) is 2.53. The number of hydrogen-bond donors (Lipinski definition) is 3. The number of rotatable bonds is 9. The van der Waals surface area contributed by atoms with Gasteiger partial charge in [-0.05, 0) is 55.8 Å².